The van der Waals surface area contributed by atoms with Crippen LogP contribution in [-0.4, -0.2) is 4.92 Å². The Bertz CT molecular complexity index is 693. The molecule has 0 aliphatic carbocycles. The van der Waals surface area contributed by atoms with Gasteiger partial charge in [0.25, 0.3) is 5.69 Å². The van der Waals surface area contributed by atoms with E-state index >= 15 is 0 Å². The summed E-state index contributed by atoms with van der Waals surface area (Å²) in [6, 6.07) is 9.49. The monoisotopic (exact) mass is 284 g/mol. The Kier molecular flexibility index (Phi) is 4.26. The van der Waals surface area contributed by atoms with Crippen LogP contribution in [0.25, 0.3) is 0 Å². The first kappa shape index (κ1) is 15.0. The molecular weight excluding hydrogens is 264 g/mol. The SMILES string of the molecule is Cc1cc(C)c(CNc2ccc([N+](=O)[O-])c(C)c2)cc1C. The lowest BCUT2D eigenvalue weighted by Gasteiger charge is -2.12. The van der Waals surface area contributed by atoms with E-state index in [0.29, 0.717) is 12.1 Å². The second-order valence-electron chi connectivity index (χ2n) is 5.47. The van der Waals surface area contributed by atoms with Crippen LogP contribution < -0.4 is 5.32 Å². The summed E-state index contributed by atoms with van der Waals surface area (Å²) in [6.45, 7) is 8.78. The zero-order chi connectivity index (χ0) is 15.6. The fourth-order valence-corrected chi connectivity index (χ4v) is 2.38. The van der Waals surface area contributed by atoms with E-state index in [1.54, 1.807) is 19.1 Å². The maximum atomic E-state index is 10.8. The van der Waals surface area contributed by atoms with Crippen LogP contribution in [0.4, 0.5) is 11.4 Å². The Morgan fingerprint density at radius 2 is 1.62 bits per heavy atom. The maximum Gasteiger partial charge on any atom is 0.272 e. The van der Waals surface area contributed by atoms with Crippen molar-refractivity contribution in [1.82, 2.24) is 0 Å². The molecule has 0 saturated carbocycles. The van der Waals surface area contributed by atoms with Crippen molar-refractivity contribution in [3.63, 3.8) is 0 Å². The Labute approximate surface area is 125 Å². The van der Waals surface area contributed by atoms with Crippen LogP contribution in [0.2, 0.25) is 0 Å². The highest BCUT2D eigenvalue weighted by atomic mass is 16.6. The Balaban J connectivity index is 2.15. The highest BCUT2D eigenvalue weighted by Gasteiger charge is 2.10. The number of nitro benzene ring substituents is 1. The average Bonchev–Trinajstić information content (AvgIpc) is 2.41. The lowest BCUT2D eigenvalue weighted by molar-refractivity contribution is -0.385. The Hall–Kier alpha value is -2.36. The minimum atomic E-state index is -0.355. The van der Waals surface area contributed by atoms with Crippen LogP contribution in [-0.2, 0) is 6.54 Å². The number of hydrogen-bond acceptors (Lipinski definition) is 3. The molecule has 0 aliphatic rings. The molecular formula is C17H20N2O2. The van der Waals surface area contributed by atoms with Crippen molar-refractivity contribution in [2.24, 2.45) is 0 Å². The van der Waals surface area contributed by atoms with Gasteiger partial charge in [-0.2, -0.15) is 0 Å². The normalized spacial score (nSPS) is 10.5. The Morgan fingerprint density at radius 3 is 2.24 bits per heavy atom. The number of rotatable bonds is 4. The van der Waals surface area contributed by atoms with E-state index in [1.807, 2.05) is 6.07 Å². The van der Waals surface area contributed by atoms with Crippen LogP contribution in [0, 0.1) is 37.8 Å². The van der Waals surface area contributed by atoms with E-state index in [0.717, 1.165) is 5.69 Å². The summed E-state index contributed by atoms with van der Waals surface area (Å²) in [5.41, 5.74) is 6.79. The molecule has 0 atom stereocenters. The minimum absolute atomic E-state index is 0.155. The van der Waals surface area contributed by atoms with Gasteiger partial charge in [-0.1, -0.05) is 12.1 Å². The third-order valence-corrected chi connectivity index (χ3v) is 3.83. The standard InChI is InChI=1S/C17H20N2O2/c1-11-7-13(3)15(8-12(11)2)10-18-16-5-6-17(19(20)21)14(4)9-16/h5-9,18H,10H2,1-4H3. The Morgan fingerprint density at radius 1 is 0.952 bits per heavy atom. The van der Waals surface area contributed by atoms with E-state index in [-0.39, 0.29) is 10.6 Å². The molecule has 1 N–H and O–H groups in total. The molecule has 2 aromatic carbocycles. The lowest BCUT2D eigenvalue weighted by atomic mass is 10.0. The van der Waals surface area contributed by atoms with Gasteiger partial charge < -0.3 is 5.32 Å². The molecule has 0 saturated heterocycles. The molecule has 21 heavy (non-hydrogen) atoms. The van der Waals surface area contributed by atoms with Gasteiger partial charge in [-0.3, -0.25) is 10.1 Å². The van der Waals surface area contributed by atoms with Gasteiger partial charge in [0, 0.05) is 23.9 Å². The minimum Gasteiger partial charge on any atom is -0.381 e. The van der Waals surface area contributed by atoms with Crippen molar-refractivity contribution in [2.75, 3.05) is 5.32 Å². The van der Waals surface area contributed by atoms with Gasteiger partial charge in [-0.05, 0) is 62.1 Å². The van der Waals surface area contributed by atoms with E-state index in [1.165, 1.54) is 22.3 Å². The average molecular weight is 284 g/mol. The summed E-state index contributed by atoms with van der Waals surface area (Å²) in [5.74, 6) is 0. The molecule has 0 heterocycles. The number of anilines is 1. The molecule has 0 bridgehead atoms. The summed E-state index contributed by atoms with van der Waals surface area (Å²) in [5, 5.41) is 14.1. The van der Waals surface area contributed by atoms with Crippen LogP contribution in [0.15, 0.2) is 30.3 Å². The quantitative estimate of drug-likeness (QED) is 0.667. The molecule has 110 valence electrons. The maximum absolute atomic E-state index is 10.8. The summed E-state index contributed by atoms with van der Waals surface area (Å²) >= 11 is 0. The lowest BCUT2D eigenvalue weighted by Crippen LogP contribution is -2.03. The first-order valence-electron chi connectivity index (χ1n) is 6.94. The zero-order valence-electron chi connectivity index (χ0n) is 12.9. The van der Waals surface area contributed by atoms with Crippen molar-refractivity contribution in [2.45, 2.75) is 34.2 Å². The van der Waals surface area contributed by atoms with Gasteiger partial charge in [0.2, 0.25) is 0 Å². The van der Waals surface area contributed by atoms with Gasteiger partial charge in [0.1, 0.15) is 0 Å². The molecule has 4 nitrogen and oxygen atoms in total. The fourth-order valence-electron chi connectivity index (χ4n) is 2.38. The molecule has 2 aromatic rings. The van der Waals surface area contributed by atoms with E-state index in [9.17, 15) is 10.1 Å². The first-order valence-corrected chi connectivity index (χ1v) is 6.94. The van der Waals surface area contributed by atoms with Gasteiger partial charge in [0.15, 0.2) is 0 Å². The summed E-state index contributed by atoms with van der Waals surface area (Å²) < 4.78 is 0. The van der Waals surface area contributed by atoms with Gasteiger partial charge in [-0.15, -0.1) is 0 Å². The molecule has 0 radical (unpaired) electrons. The molecule has 0 aliphatic heterocycles. The number of nitro groups is 1. The van der Waals surface area contributed by atoms with Crippen molar-refractivity contribution in [1.29, 1.82) is 0 Å². The van der Waals surface area contributed by atoms with Crippen LogP contribution in [0.1, 0.15) is 27.8 Å². The highest BCUT2D eigenvalue weighted by Crippen LogP contribution is 2.23. The third kappa shape index (κ3) is 3.40. The molecule has 0 unspecified atom stereocenters. The topological polar surface area (TPSA) is 55.2 Å². The van der Waals surface area contributed by atoms with Crippen LogP contribution >= 0.6 is 0 Å². The zero-order valence-corrected chi connectivity index (χ0v) is 12.9. The predicted molar refractivity (Wildman–Crippen MR) is 85.8 cm³/mol. The number of nitrogens with one attached hydrogen (secondary N) is 1. The number of aryl methyl sites for hydroxylation is 4. The first-order chi connectivity index (χ1) is 9.88. The van der Waals surface area contributed by atoms with Crippen molar-refractivity contribution in [3.8, 4) is 0 Å². The van der Waals surface area contributed by atoms with Crippen molar-refractivity contribution in [3.05, 3.63) is 68.3 Å². The highest BCUT2D eigenvalue weighted by molar-refractivity contribution is 5.54. The fraction of sp³-hybridized carbons (Fsp3) is 0.294. The largest absolute Gasteiger partial charge is 0.381 e. The van der Waals surface area contributed by atoms with E-state index < -0.39 is 0 Å². The number of nitrogens with zero attached hydrogens (tertiary/aromatic N) is 1. The summed E-state index contributed by atoms with van der Waals surface area (Å²) in [4.78, 5) is 10.5. The van der Waals surface area contributed by atoms with E-state index in [4.69, 9.17) is 0 Å². The van der Waals surface area contributed by atoms with Gasteiger partial charge >= 0.3 is 0 Å². The molecule has 0 aromatic heterocycles. The number of hydrogen-bond donors (Lipinski definition) is 1. The number of benzene rings is 2. The van der Waals surface area contributed by atoms with Gasteiger partial charge in [-0.25, -0.2) is 0 Å². The smallest absolute Gasteiger partial charge is 0.272 e. The second kappa shape index (κ2) is 5.95. The molecule has 2 rings (SSSR count). The van der Waals surface area contributed by atoms with Crippen molar-refractivity contribution >= 4 is 11.4 Å². The second-order valence-corrected chi connectivity index (χ2v) is 5.47. The summed E-state index contributed by atoms with van der Waals surface area (Å²) in [7, 11) is 0. The molecule has 4 heteroatoms. The van der Waals surface area contributed by atoms with Crippen LogP contribution in [0.5, 0.6) is 0 Å². The third-order valence-electron chi connectivity index (χ3n) is 3.83. The summed E-state index contributed by atoms with van der Waals surface area (Å²) in [6.07, 6.45) is 0. The van der Waals surface area contributed by atoms with Gasteiger partial charge in [0.05, 0.1) is 4.92 Å². The molecule has 0 amide bonds. The molecule has 0 fully saturated rings. The van der Waals surface area contributed by atoms with Crippen LogP contribution in [0.3, 0.4) is 0 Å². The molecule has 0 spiro atoms. The predicted octanol–water partition coefficient (Wildman–Crippen LogP) is 4.44. The van der Waals surface area contributed by atoms with Crippen molar-refractivity contribution < 1.29 is 4.92 Å². The van der Waals surface area contributed by atoms with E-state index in [2.05, 4.69) is 38.2 Å².